The van der Waals surface area contributed by atoms with Crippen molar-refractivity contribution in [2.45, 2.75) is 6.92 Å². The Bertz CT molecular complexity index is 171. The number of aryl methyl sites for hydroxylation is 1. The first kappa shape index (κ1) is 5.56. The molecule has 43 valence electrons. The molecule has 1 aromatic rings. The molecule has 0 aliphatic heterocycles. The highest BCUT2D eigenvalue weighted by molar-refractivity contribution is 7.15. The summed E-state index contributed by atoms with van der Waals surface area (Å²) >= 11 is 1.61. The molecule has 0 aliphatic carbocycles. The monoisotopic (exact) mass is 127 g/mol. The summed E-state index contributed by atoms with van der Waals surface area (Å²) in [5.74, 6) is 0. The van der Waals surface area contributed by atoms with Gasteiger partial charge in [-0.2, -0.15) is 0 Å². The van der Waals surface area contributed by atoms with E-state index in [0.29, 0.717) is 0 Å². The van der Waals surface area contributed by atoms with E-state index in [0.717, 1.165) is 5.13 Å². The van der Waals surface area contributed by atoms with Gasteiger partial charge in [0.1, 0.15) is 0 Å². The maximum atomic E-state index is 3.99. The number of aromatic nitrogens is 1. The molecule has 2 nitrogen and oxygen atoms in total. The second kappa shape index (κ2) is 2.13. The molecular formula is C5H7N2S. The van der Waals surface area contributed by atoms with Crippen molar-refractivity contribution in [1.29, 1.82) is 0 Å². The quantitative estimate of drug-likeness (QED) is 0.559. The molecule has 0 spiro atoms. The highest BCUT2D eigenvalue weighted by Gasteiger charge is 1.92. The van der Waals surface area contributed by atoms with Gasteiger partial charge in [-0.15, -0.1) is 11.3 Å². The molecule has 0 atom stereocenters. The number of hydrogen-bond donors (Lipinski definition) is 0. The number of nitrogens with zero attached hydrogens (tertiary/aromatic N) is 2. The third-order valence-corrected chi connectivity index (χ3v) is 1.70. The van der Waals surface area contributed by atoms with Gasteiger partial charge in [-0.25, -0.2) is 4.98 Å². The summed E-state index contributed by atoms with van der Waals surface area (Å²) in [6, 6.07) is 0. The molecule has 1 radical (unpaired) electrons. The number of rotatable bonds is 1. The Morgan fingerprint density at radius 3 is 2.75 bits per heavy atom. The zero-order chi connectivity index (χ0) is 5.98. The topological polar surface area (TPSA) is 27.0 Å². The molecule has 0 bridgehead atoms. The fraction of sp³-hybridized carbons (Fsp3) is 0.400. The minimum absolute atomic E-state index is 0.863. The predicted molar refractivity (Wildman–Crippen MR) is 34.6 cm³/mol. The van der Waals surface area contributed by atoms with E-state index in [1.165, 1.54) is 4.88 Å². The maximum absolute atomic E-state index is 3.99. The predicted octanol–water partition coefficient (Wildman–Crippen LogP) is 1.32. The Kier molecular flexibility index (Phi) is 1.48. The minimum Gasteiger partial charge on any atom is -0.261 e. The van der Waals surface area contributed by atoms with Crippen LogP contribution in [0.5, 0.6) is 0 Å². The molecule has 0 saturated carbocycles. The number of thiazole rings is 1. The molecule has 0 unspecified atom stereocenters. The van der Waals surface area contributed by atoms with E-state index in [-0.39, 0.29) is 0 Å². The van der Waals surface area contributed by atoms with Crippen LogP contribution in [0.25, 0.3) is 0 Å². The molecule has 3 heteroatoms. The molecule has 0 saturated heterocycles. The van der Waals surface area contributed by atoms with Crippen molar-refractivity contribution in [3.05, 3.63) is 11.1 Å². The van der Waals surface area contributed by atoms with Gasteiger partial charge >= 0.3 is 0 Å². The lowest BCUT2D eigenvalue weighted by atomic mass is 10.7. The van der Waals surface area contributed by atoms with Crippen LogP contribution < -0.4 is 5.32 Å². The largest absolute Gasteiger partial charge is 0.261 e. The summed E-state index contributed by atoms with van der Waals surface area (Å²) in [7, 11) is 1.75. The van der Waals surface area contributed by atoms with Gasteiger partial charge in [0.05, 0.1) is 0 Å². The lowest BCUT2D eigenvalue weighted by molar-refractivity contribution is 1.06. The average Bonchev–Trinajstić information content (AvgIpc) is 2.14. The summed E-state index contributed by atoms with van der Waals surface area (Å²) < 4.78 is 0. The normalized spacial score (nSPS) is 9.25. The van der Waals surface area contributed by atoms with Gasteiger partial charge in [0.25, 0.3) is 0 Å². The standard InChI is InChI=1S/C5H7N2S/c1-4-3-7-5(6-2)8-4/h3H,1-2H3. The van der Waals surface area contributed by atoms with E-state index in [2.05, 4.69) is 10.3 Å². The van der Waals surface area contributed by atoms with Crippen molar-refractivity contribution < 1.29 is 0 Å². The van der Waals surface area contributed by atoms with Crippen molar-refractivity contribution in [3.63, 3.8) is 0 Å². The molecule has 0 amide bonds. The van der Waals surface area contributed by atoms with Crippen LogP contribution in [0.2, 0.25) is 0 Å². The molecule has 1 rings (SSSR count). The van der Waals surface area contributed by atoms with Crippen LogP contribution in [0, 0.1) is 6.92 Å². The summed E-state index contributed by atoms with van der Waals surface area (Å²) in [5, 5.41) is 4.76. The van der Waals surface area contributed by atoms with Crippen LogP contribution in [0.15, 0.2) is 6.20 Å². The van der Waals surface area contributed by atoms with Gasteiger partial charge in [-0.1, -0.05) is 0 Å². The SMILES string of the molecule is C[N]c1ncc(C)s1. The van der Waals surface area contributed by atoms with E-state index in [1.54, 1.807) is 18.4 Å². The summed E-state index contributed by atoms with van der Waals surface area (Å²) in [5.41, 5.74) is 0. The van der Waals surface area contributed by atoms with Gasteiger partial charge in [0, 0.05) is 18.1 Å². The van der Waals surface area contributed by atoms with E-state index in [4.69, 9.17) is 0 Å². The van der Waals surface area contributed by atoms with Crippen molar-refractivity contribution in [3.8, 4) is 0 Å². The van der Waals surface area contributed by atoms with Crippen LogP contribution in [-0.4, -0.2) is 12.0 Å². The van der Waals surface area contributed by atoms with E-state index in [9.17, 15) is 0 Å². The van der Waals surface area contributed by atoms with Crippen molar-refractivity contribution in [2.75, 3.05) is 7.05 Å². The second-order valence-electron chi connectivity index (χ2n) is 1.48. The van der Waals surface area contributed by atoms with E-state index in [1.807, 2.05) is 13.1 Å². The maximum Gasteiger partial charge on any atom is 0.204 e. The van der Waals surface area contributed by atoms with Gasteiger partial charge < -0.3 is 0 Å². The Morgan fingerprint density at radius 1 is 1.75 bits per heavy atom. The lowest BCUT2D eigenvalue weighted by Gasteiger charge is -1.80. The molecular weight excluding hydrogens is 120 g/mol. The molecule has 1 aromatic heterocycles. The Balaban J connectivity index is 2.84. The van der Waals surface area contributed by atoms with Gasteiger partial charge in [-0.3, -0.25) is 5.32 Å². The van der Waals surface area contributed by atoms with Crippen molar-refractivity contribution >= 4 is 16.5 Å². The first-order valence-corrected chi connectivity index (χ1v) is 3.17. The fourth-order valence-electron chi connectivity index (χ4n) is 0.446. The van der Waals surface area contributed by atoms with E-state index >= 15 is 0 Å². The summed E-state index contributed by atoms with van der Waals surface area (Å²) in [4.78, 5) is 5.20. The number of hydrogen-bond acceptors (Lipinski definition) is 2. The molecule has 1 heterocycles. The third kappa shape index (κ3) is 0.980. The molecule has 0 aromatic carbocycles. The molecule has 8 heavy (non-hydrogen) atoms. The summed E-state index contributed by atoms with van der Waals surface area (Å²) in [6.45, 7) is 2.02. The second-order valence-corrected chi connectivity index (χ2v) is 2.69. The summed E-state index contributed by atoms with van der Waals surface area (Å²) in [6.07, 6.45) is 1.83. The fourth-order valence-corrected chi connectivity index (χ4v) is 1.04. The van der Waals surface area contributed by atoms with Crippen LogP contribution >= 0.6 is 11.3 Å². The van der Waals surface area contributed by atoms with Gasteiger partial charge in [-0.05, 0) is 6.92 Å². The Labute approximate surface area is 52.6 Å². The molecule has 0 N–H and O–H groups in total. The highest BCUT2D eigenvalue weighted by atomic mass is 32.1. The first-order chi connectivity index (χ1) is 3.83. The molecule has 0 fully saturated rings. The van der Waals surface area contributed by atoms with Crippen molar-refractivity contribution in [1.82, 2.24) is 10.3 Å². The van der Waals surface area contributed by atoms with Crippen LogP contribution in [-0.2, 0) is 0 Å². The first-order valence-electron chi connectivity index (χ1n) is 2.35. The zero-order valence-electron chi connectivity index (χ0n) is 4.88. The average molecular weight is 127 g/mol. The third-order valence-electron chi connectivity index (χ3n) is 0.800. The van der Waals surface area contributed by atoms with Crippen LogP contribution in [0.1, 0.15) is 4.88 Å². The molecule has 0 aliphatic rings. The van der Waals surface area contributed by atoms with Crippen LogP contribution in [0.4, 0.5) is 5.13 Å². The van der Waals surface area contributed by atoms with Crippen LogP contribution in [0.3, 0.4) is 0 Å². The Hall–Kier alpha value is -0.570. The van der Waals surface area contributed by atoms with E-state index < -0.39 is 0 Å². The zero-order valence-corrected chi connectivity index (χ0v) is 5.70. The smallest absolute Gasteiger partial charge is 0.204 e. The van der Waals surface area contributed by atoms with Gasteiger partial charge in [0.15, 0.2) is 0 Å². The van der Waals surface area contributed by atoms with Crippen molar-refractivity contribution in [2.24, 2.45) is 0 Å². The lowest BCUT2D eigenvalue weighted by Crippen LogP contribution is -1.81. The Morgan fingerprint density at radius 2 is 2.50 bits per heavy atom. The minimum atomic E-state index is 0.863. The highest BCUT2D eigenvalue weighted by Crippen LogP contribution is 2.14. The van der Waals surface area contributed by atoms with Gasteiger partial charge in [0.2, 0.25) is 5.13 Å².